The van der Waals surface area contributed by atoms with Gasteiger partial charge in [0.2, 0.25) is 11.4 Å². The second-order valence-corrected chi connectivity index (χ2v) is 20.0. The molecule has 0 saturated heterocycles. The molecule has 1 atom stereocenters. The van der Waals surface area contributed by atoms with E-state index in [0.29, 0.717) is 11.3 Å². The van der Waals surface area contributed by atoms with Crippen LogP contribution in [0.1, 0.15) is 30.5 Å². The first-order valence-corrected chi connectivity index (χ1v) is 20.7. The number of hydrogen-bond acceptors (Lipinski definition) is 1. The minimum atomic E-state index is -2.69. The first-order valence-electron chi connectivity index (χ1n) is 20.2. The highest BCUT2D eigenvalue weighted by atomic mass is 28.3. The molecule has 6 aromatic carbocycles. The normalized spacial score (nSPS) is 18.5. The van der Waals surface area contributed by atoms with Gasteiger partial charge < -0.3 is 4.42 Å². The van der Waals surface area contributed by atoms with E-state index in [4.69, 9.17) is 12.6 Å². The molecule has 9 aromatic rings. The first-order chi connectivity index (χ1) is 26.7. The Hall–Kier alpha value is -5.58. The molecule has 5 heterocycles. The van der Waals surface area contributed by atoms with Gasteiger partial charge in [-0.15, -0.1) is 9.13 Å². The van der Waals surface area contributed by atoms with Crippen molar-refractivity contribution >= 4 is 67.5 Å². The minimum absolute atomic E-state index is 0.185. The monoisotopic (exact) mass is 666 g/mol. The van der Waals surface area contributed by atoms with Gasteiger partial charge in [0.25, 0.3) is 0 Å². The fraction of sp³-hybridized carbons (Fsp3) is 0.130. The number of nitrogens with zero attached hydrogens (tertiary/aromatic N) is 2. The number of aryl methyl sites for hydroxylation is 2. The maximum Gasteiger partial charge on any atom is 0.417 e. The topological polar surface area (TPSA) is 20.9 Å². The smallest absolute Gasteiger partial charge is 0.417 e. The molecule has 2 aliphatic rings. The van der Waals surface area contributed by atoms with Crippen LogP contribution in [0.5, 0.6) is 0 Å². The Labute approximate surface area is 300 Å². The van der Waals surface area contributed by atoms with Crippen molar-refractivity contribution in [1.82, 2.24) is 0 Å². The van der Waals surface area contributed by atoms with Gasteiger partial charge in [0.15, 0.2) is 12.4 Å². The zero-order valence-electron chi connectivity index (χ0n) is 33.9. The summed E-state index contributed by atoms with van der Waals surface area (Å²) in [5, 5.41) is 9.77. The molecule has 3 aromatic heterocycles. The van der Waals surface area contributed by atoms with E-state index < -0.39 is 27.4 Å². The Balaban J connectivity index is 1.35. The second-order valence-electron chi connectivity index (χ2n) is 14.9. The van der Waals surface area contributed by atoms with Crippen molar-refractivity contribution in [3.8, 4) is 22.5 Å². The Morgan fingerprint density at radius 1 is 0.560 bits per heavy atom. The van der Waals surface area contributed by atoms with E-state index in [1.807, 2.05) is 16.7 Å². The van der Waals surface area contributed by atoms with Crippen LogP contribution in [-0.2, 0) is 5.66 Å². The summed E-state index contributed by atoms with van der Waals surface area (Å²) in [7, 11) is -1.85. The molecule has 11 rings (SSSR count). The van der Waals surface area contributed by atoms with Gasteiger partial charge >= 0.3 is 5.66 Å². The average molecular weight is 667 g/mol. The molecule has 1 spiro atoms. The minimum Gasteiger partial charge on any atom is -0.454 e. The average Bonchev–Trinajstić information content (AvgIpc) is 3.80. The maximum absolute atomic E-state index is 8.64. The van der Waals surface area contributed by atoms with Crippen LogP contribution in [0.15, 0.2) is 132 Å². The van der Waals surface area contributed by atoms with Crippen molar-refractivity contribution in [3.05, 3.63) is 150 Å². The van der Waals surface area contributed by atoms with Crippen molar-refractivity contribution < 1.29 is 21.8 Å². The first kappa shape index (κ1) is 22.9. The molecule has 4 heteroatoms. The predicted molar refractivity (Wildman–Crippen MR) is 208 cm³/mol. The summed E-state index contributed by atoms with van der Waals surface area (Å²) < 4.78 is 63.3. The molecule has 0 N–H and O–H groups in total. The summed E-state index contributed by atoms with van der Waals surface area (Å²) in [4.78, 5) is 0. The standard InChI is InChI=1S/C46H36N2OSi/c1-27-24-41-43-39(46(47(41)25-28(27)2)38-17-11-10-16-37(38)40-23-18-29(26-48(40)46)50(3,4)5)22-21-36-35-20-19-34-32-14-7-6-12-30(32)31-13-8-9-15-33(31)42(34)44(35)49-45(36)43/h6-26H,1-5H3/q+2/i1D3,2D3. The van der Waals surface area contributed by atoms with E-state index >= 15 is 0 Å². The van der Waals surface area contributed by atoms with Gasteiger partial charge in [-0.25, -0.2) is 0 Å². The largest absolute Gasteiger partial charge is 0.454 e. The highest BCUT2D eigenvalue weighted by Gasteiger charge is 2.67. The van der Waals surface area contributed by atoms with Gasteiger partial charge in [0, 0.05) is 47.3 Å². The van der Waals surface area contributed by atoms with E-state index in [1.165, 1.54) is 10.6 Å². The molecule has 0 saturated carbocycles. The van der Waals surface area contributed by atoms with E-state index in [1.54, 1.807) is 12.3 Å². The number of fused-ring (bicyclic) bond motifs is 21. The molecule has 238 valence electrons. The fourth-order valence-electron chi connectivity index (χ4n) is 9.06. The Bertz CT molecular complexity index is 3190. The van der Waals surface area contributed by atoms with Crippen LogP contribution in [-0.4, -0.2) is 8.07 Å². The third-order valence-electron chi connectivity index (χ3n) is 11.3. The summed E-state index contributed by atoms with van der Waals surface area (Å²) in [5.74, 6) is 0. The lowest BCUT2D eigenvalue weighted by Gasteiger charge is -2.20. The summed E-state index contributed by atoms with van der Waals surface area (Å²) in [6.45, 7) is 1.58. The van der Waals surface area contributed by atoms with Crippen molar-refractivity contribution in [2.45, 2.75) is 39.0 Å². The van der Waals surface area contributed by atoms with Crippen LogP contribution < -0.4 is 14.3 Å². The van der Waals surface area contributed by atoms with Crippen molar-refractivity contribution in [2.75, 3.05) is 0 Å². The highest BCUT2D eigenvalue weighted by molar-refractivity contribution is 6.88. The number of aromatic nitrogens is 2. The van der Waals surface area contributed by atoms with Crippen LogP contribution >= 0.6 is 0 Å². The Kier molecular flexibility index (Phi) is 4.29. The molecule has 0 amide bonds. The number of pyridine rings is 2. The van der Waals surface area contributed by atoms with E-state index in [-0.39, 0.29) is 11.1 Å². The summed E-state index contributed by atoms with van der Waals surface area (Å²) in [5.41, 5.74) is 5.21. The van der Waals surface area contributed by atoms with Gasteiger partial charge in [-0.3, -0.25) is 0 Å². The zero-order valence-corrected chi connectivity index (χ0v) is 28.9. The Morgan fingerprint density at radius 2 is 1.18 bits per heavy atom. The van der Waals surface area contributed by atoms with E-state index in [9.17, 15) is 0 Å². The lowest BCUT2D eigenvalue weighted by Crippen LogP contribution is -2.72. The van der Waals surface area contributed by atoms with Crippen LogP contribution in [0.4, 0.5) is 0 Å². The molecule has 3 nitrogen and oxygen atoms in total. The van der Waals surface area contributed by atoms with Crippen molar-refractivity contribution in [3.63, 3.8) is 0 Å². The fourth-order valence-corrected chi connectivity index (χ4v) is 10.2. The highest BCUT2D eigenvalue weighted by Crippen LogP contribution is 2.51. The predicted octanol–water partition coefficient (Wildman–Crippen LogP) is 10.0. The molecule has 0 aliphatic carbocycles. The van der Waals surface area contributed by atoms with Gasteiger partial charge in [-0.1, -0.05) is 92.4 Å². The SMILES string of the molecule is [2H]C([2H])([2H])c1cc2[n+](cc1C([2H])([2H])[2H])C1(c3ccccc3-c3ccc([Si](C)(C)C)c[n+]31)c1ccc3c(oc4c3ccc3c5ccccc5c5ccccc5c34)c1-2. The molecule has 0 bridgehead atoms. The van der Waals surface area contributed by atoms with Crippen LogP contribution in [0.3, 0.4) is 0 Å². The van der Waals surface area contributed by atoms with Gasteiger partial charge in [-0.2, -0.15) is 0 Å². The van der Waals surface area contributed by atoms with Crippen LogP contribution in [0.25, 0.3) is 76.8 Å². The zero-order chi connectivity index (χ0) is 38.7. The third kappa shape index (κ3) is 3.30. The maximum atomic E-state index is 8.64. The Morgan fingerprint density at radius 3 is 1.94 bits per heavy atom. The van der Waals surface area contributed by atoms with Gasteiger partial charge in [0.05, 0.1) is 13.6 Å². The molecule has 1 unspecified atom stereocenters. The van der Waals surface area contributed by atoms with E-state index in [0.717, 1.165) is 71.2 Å². The summed E-state index contributed by atoms with van der Waals surface area (Å²) >= 11 is 0. The summed E-state index contributed by atoms with van der Waals surface area (Å²) in [6.07, 6.45) is 3.83. The number of benzene rings is 6. The third-order valence-corrected chi connectivity index (χ3v) is 13.4. The molecule has 50 heavy (non-hydrogen) atoms. The number of hydrogen-bond donors (Lipinski definition) is 0. The lowest BCUT2D eigenvalue weighted by atomic mass is 9.89. The van der Waals surface area contributed by atoms with E-state index in [2.05, 4.69) is 127 Å². The van der Waals surface area contributed by atoms with Gasteiger partial charge in [0.1, 0.15) is 27.9 Å². The molecule has 0 fully saturated rings. The van der Waals surface area contributed by atoms with Gasteiger partial charge in [-0.05, 0) is 76.5 Å². The quantitative estimate of drug-likeness (QED) is 0.0971. The second kappa shape index (κ2) is 9.35. The van der Waals surface area contributed by atoms with Crippen LogP contribution in [0.2, 0.25) is 19.6 Å². The lowest BCUT2D eigenvalue weighted by molar-refractivity contribution is -0.954. The molecule has 0 radical (unpaired) electrons. The van der Waals surface area contributed by atoms with Crippen molar-refractivity contribution in [1.29, 1.82) is 0 Å². The molecular weight excluding hydrogens is 625 g/mol. The molecular formula is C46H36N2OSi+2. The number of rotatable bonds is 1. The van der Waals surface area contributed by atoms with Crippen molar-refractivity contribution in [2.24, 2.45) is 0 Å². The number of furan rings is 1. The summed E-state index contributed by atoms with van der Waals surface area (Å²) in [6, 6.07) is 39.8. The van der Waals surface area contributed by atoms with Crippen LogP contribution in [0, 0.1) is 13.7 Å². The molecule has 2 aliphatic heterocycles.